The Morgan fingerprint density at radius 2 is 1.90 bits per heavy atom. The Kier molecular flexibility index (Phi) is 6.35. The summed E-state index contributed by atoms with van der Waals surface area (Å²) in [5.74, 6) is -2.44. The van der Waals surface area contributed by atoms with Gasteiger partial charge in [-0.2, -0.15) is 0 Å². The standard InChI is InChI=1S/C14H18N2O5/c1-21-12(9-5-3-2-4-6-9)13(18)16-10(14(19)20)7-8-11(15)17/h2-6,10,12H,7-8H2,1H3,(H2,15,17)(H,16,18)(H,19,20). The molecular formula is C14H18N2O5. The Morgan fingerprint density at radius 1 is 1.29 bits per heavy atom. The zero-order chi connectivity index (χ0) is 15.8. The lowest BCUT2D eigenvalue weighted by molar-refractivity contribution is -0.144. The molecule has 21 heavy (non-hydrogen) atoms. The van der Waals surface area contributed by atoms with Crippen LogP contribution in [0.1, 0.15) is 24.5 Å². The van der Waals surface area contributed by atoms with Gasteiger partial charge in [0.15, 0.2) is 6.10 Å². The van der Waals surface area contributed by atoms with Gasteiger partial charge in [-0.05, 0) is 12.0 Å². The fourth-order valence-electron chi connectivity index (χ4n) is 1.81. The summed E-state index contributed by atoms with van der Waals surface area (Å²) in [7, 11) is 1.36. The predicted octanol–water partition coefficient (Wildman–Crippen LogP) is 0.209. The summed E-state index contributed by atoms with van der Waals surface area (Å²) < 4.78 is 5.11. The van der Waals surface area contributed by atoms with E-state index in [1.807, 2.05) is 0 Å². The van der Waals surface area contributed by atoms with Gasteiger partial charge in [0.25, 0.3) is 5.91 Å². The van der Waals surface area contributed by atoms with E-state index < -0.39 is 29.9 Å². The molecule has 0 saturated heterocycles. The van der Waals surface area contributed by atoms with Gasteiger partial charge in [-0.1, -0.05) is 30.3 Å². The molecule has 2 amide bonds. The van der Waals surface area contributed by atoms with E-state index in [0.29, 0.717) is 5.56 Å². The molecular weight excluding hydrogens is 276 g/mol. The SMILES string of the molecule is COC(C(=O)NC(CCC(N)=O)C(=O)O)c1ccccc1. The number of carbonyl (C=O) groups is 3. The Hall–Kier alpha value is -2.41. The lowest BCUT2D eigenvalue weighted by Crippen LogP contribution is -2.43. The molecule has 1 aromatic rings. The molecule has 0 fully saturated rings. The van der Waals surface area contributed by atoms with Gasteiger partial charge in [-0.25, -0.2) is 4.79 Å². The zero-order valence-corrected chi connectivity index (χ0v) is 11.6. The van der Waals surface area contributed by atoms with Crippen LogP contribution in [0.3, 0.4) is 0 Å². The quantitative estimate of drug-likeness (QED) is 0.633. The van der Waals surface area contributed by atoms with Gasteiger partial charge in [0.1, 0.15) is 6.04 Å². The number of benzene rings is 1. The largest absolute Gasteiger partial charge is 0.480 e. The molecule has 4 N–H and O–H groups in total. The maximum atomic E-state index is 12.1. The molecule has 0 aromatic heterocycles. The molecule has 0 aliphatic carbocycles. The van der Waals surface area contributed by atoms with E-state index in [1.54, 1.807) is 30.3 Å². The van der Waals surface area contributed by atoms with E-state index in [1.165, 1.54) is 7.11 Å². The molecule has 1 rings (SSSR count). The topological polar surface area (TPSA) is 119 Å². The van der Waals surface area contributed by atoms with E-state index in [2.05, 4.69) is 5.32 Å². The summed E-state index contributed by atoms with van der Waals surface area (Å²) in [4.78, 5) is 33.9. The van der Waals surface area contributed by atoms with Gasteiger partial charge in [0, 0.05) is 13.5 Å². The average Bonchev–Trinajstić information content (AvgIpc) is 2.44. The number of nitrogens with one attached hydrogen (secondary N) is 1. The number of carboxylic acid groups (broad SMARTS) is 1. The van der Waals surface area contributed by atoms with Crippen LogP contribution >= 0.6 is 0 Å². The third kappa shape index (κ3) is 5.23. The Balaban J connectivity index is 2.75. The van der Waals surface area contributed by atoms with Crippen LogP contribution in [0.4, 0.5) is 0 Å². The maximum Gasteiger partial charge on any atom is 0.326 e. The molecule has 0 saturated carbocycles. The first-order valence-electron chi connectivity index (χ1n) is 6.35. The summed E-state index contributed by atoms with van der Waals surface area (Å²) in [5, 5.41) is 11.4. The number of hydrogen-bond acceptors (Lipinski definition) is 4. The van der Waals surface area contributed by atoms with Crippen molar-refractivity contribution in [1.82, 2.24) is 5.32 Å². The van der Waals surface area contributed by atoms with Crippen molar-refractivity contribution in [2.75, 3.05) is 7.11 Å². The highest BCUT2D eigenvalue weighted by atomic mass is 16.5. The number of ether oxygens (including phenoxy) is 1. The van der Waals surface area contributed by atoms with Crippen molar-refractivity contribution in [3.8, 4) is 0 Å². The normalized spacial score (nSPS) is 13.2. The summed E-state index contributed by atoms with van der Waals surface area (Å²) >= 11 is 0. The van der Waals surface area contributed by atoms with Gasteiger partial charge < -0.3 is 20.9 Å². The van der Waals surface area contributed by atoms with Gasteiger partial charge in [0.2, 0.25) is 5.91 Å². The third-order valence-corrected chi connectivity index (χ3v) is 2.87. The van der Waals surface area contributed by atoms with Crippen LogP contribution < -0.4 is 11.1 Å². The first-order chi connectivity index (χ1) is 9.95. The molecule has 2 unspecified atom stereocenters. The average molecular weight is 294 g/mol. The fraction of sp³-hybridized carbons (Fsp3) is 0.357. The van der Waals surface area contributed by atoms with Crippen LogP contribution in [-0.4, -0.2) is 36.0 Å². The monoisotopic (exact) mass is 294 g/mol. The van der Waals surface area contributed by atoms with Crippen LogP contribution in [0, 0.1) is 0 Å². The molecule has 0 aliphatic heterocycles. The molecule has 7 heteroatoms. The third-order valence-electron chi connectivity index (χ3n) is 2.87. The lowest BCUT2D eigenvalue weighted by atomic mass is 10.1. The van der Waals surface area contributed by atoms with Gasteiger partial charge in [-0.15, -0.1) is 0 Å². The zero-order valence-electron chi connectivity index (χ0n) is 11.6. The molecule has 0 bridgehead atoms. The fourth-order valence-corrected chi connectivity index (χ4v) is 1.81. The van der Waals surface area contributed by atoms with Crippen molar-refractivity contribution in [3.05, 3.63) is 35.9 Å². The number of methoxy groups -OCH3 is 1. The van der Waals surface area contributed by atoms with Crippen LogP contribution in [0.5, 0.6) is 0 Å². The van der Waals surface area contributed by atoms with E-state index >= 15 is 0 Å². The van der Waals surface area contributed by atoms with Crippen LogP contribution in [0.25, 0.3) is 0 Å². The summed E-state index contributed by atoms with van der Waals surface area (Å²) in [6, 6.07) is 7.50. The number of carboxylic acids is 1. The number of rotatable bonds is 8. The van der Waals surface area contributed by atoms with Crippen molar-refractivity contribution in [3.63, 3.8) is 0 Å². The highest BCUT2D eigenvalue weighted by Crippen LogP contribution is 2.16. The number of aliphatic carboxylic acids is 1. The molecule has 114 valence electrons. The van der Waals surface area contributed by atoms with Crippen molar-refractivity contribution >= 4 is 17.8 Å². The number of carbonyl (C=O) groups excluding carboxylic acids is 2. The molecule has 1 aromatic carbocycles. The second-order valence-electron chi connectivity index (χ2n) is 4.43. The van der Waals surface area contributed by atoms with Gasteiger partial charge >= 0.3 is 5.97 Å². The molecule has 0 heterocycles. The summed E-state index contributed by atoms with van der Waals surface area (Å²) in [5.41, 5.74) is 5.59. The van der Waals surface area contributed by atoms with Crippen LogP contribution in [0.2, 0.25) is 0 Å². The van der Waals surface area contributed by atoms with Crippen molar-refractivity contribution < 1.29 is 24.2 Å². The van der Waals surface area contributed by atoms with Gasteiger partial charge in [-0.3, -0.25) is 9.59 Å². The van der Waals surface area contributed by atoms with Crippen molar-refractivity contribution in [2.24, 2.45) is 5.73 Å². The van der Waals surface area contributed by atoms with E-state index in [0.717, 1.165) is 0 Å². The smallest absolute Gasteiger partial charge is 0.326 e. The lowest BCUT2D eigenvalue weighted by Gasteiger charge is -2.19. The highest BCUT2D eigenvalue weighted by molar-refractivity contribution is 5.87. The number of primary amides is 1. The summed E-state index contributed by atoms with van der Waals surface area (Å²) in [6.07, 6.45) is -1.11. The Bertz CT molecular complexity index is 503. The van der Waals surface area contributed by atoms with E-state index in [-0.39, 0.29) is 12.8 Å². The number of hydrogen-bond donors (Lipinski definition) is 3. The first kappa shape index (κ1) is 16.6. The molecule has 7 nitrogen and oxygen atoms in total. The highest BCUT2D eigenvalue weighted by Gasteiger charge is 2.26. The minimum absolute atomic E-state index is 0.0678. The second kappa shape index (κ2) is 8.01. The minimum Gasteiger partial charge on any atom is -0.480 e. The van der Waals surface area contributed by atoms with Crippen LogP contribution in [0.15, 0.2) is 30.3 Å². The first-order valence-corrected chi connectivity index (χ1v) is 6.35. The van der Waals surface area contributed by atoms with Gasteiger partial charge in [0.05, 0.1) is 0 Å². The molecule has 0 radical (unpaired) electrons. The minimum atomic E-state index is -1.23. The summed E-state index contributed by atoms with van der Waals surface area (Å²) in [6.45, 7) is 0. The molecule has 2 atom stereocenters. The number of nitrogens with two attached hydrogens (primary N) is 1. The second-order valence-corrected chi connectivity index (χ2v) is 4.43. The van der Waals surface area contributed by atoms with Crippen LogP contribution in [-0.2, 0) is 19.1 Å². The number of amides is 2. The van der Waals surface area contributed by atoms with Crippen molar-refractivity contribution in [1.29, 1.82) is 0 Å². The van der Waals surface area contributed by atoms with Crippen molar-refractivity contribution in [2.45, 2.75) is 25.0 Å². The van der Waals surface area contributed by atoms with E-state index in [9.17, 15) is 14.4 Å². The maximum absolute atomic E-state index is 12.1. The predicted molar refractivity (Wildman–Crippen MR) is 74.2 cm³/mol. The Labute approximate surface area is 122 Å². The van der Waals surface area contributed by atoms with E-state index in [4.69, 9.17) is 15.6 Å². The Morgan fingerprint density at radius 3 is 2.38 bits per heavy atom. The molecule has 0 spiro atoms. The molecule has 0 aliphatic rings.